The monoisotopic (exact) mass is 328 g/mol. The molecular weight excluding hydrogens is 316 g/mol. The van der Waals surface area contributed by atoms with E-state index in [1.165, 1.54) is 30.3 Å². The van der Waals surface area contributed by atoms with Crippen molar-refractivity contribution in [3.63, 3.8) is 0 Å². The van der Waals surface area contributed by atoms with Crippen molar-refractivity contribution in [3.05, 3.63) is 53.8 Å². The number of ether oxygens (including phenoxy) is 2. The fourth-order valence-electron chi connectivity index (χ4n) is 2.06. The van der Waals surface area contributed by atoms with Crippen LogP contribution in [0.2, 0.25) is 0 Å². The summed E-state index contributed by atoms with van der Waals surface area (Å²) in [5, 5.41) is 0. The van der Waals surface area contributed by atoms with Gasteiger partial charge in [-0.2, -0.15) is 0 Å². The topological polar surface area (TPSA) is 35.5 Å². The number of rotatable bonds is 4. The van der Waals surface area contributed by atoms with E-state index in [1.807, 2.05) is 0 Å². The van der Waals surface area contributed by atoms with E-state index < -0.39 is 23.9 Å². The van der Waals surface area contributed by atoms with Gasteiger partial charge in [0.2, 0.25) is 0 Å². The molecule has 0 bridgehead atoms. The maximum absolute atomic E-state index is 14.2. The first-order chi connectivity index (χ1) is 10.8. The van der Waals surface area contributed by atoms with E-state index in [-0.39, 0.29) is 23.3 Å². The Balaban J connectivity index is 2.61. The van der Waals surface area contributed by atoms with Crippen molar-refractivity contribution < 1.29 is 31.8 Å². The van der Waals surface area contributed by atoms with Crippen molar-refractivity contribution in [2.24, 2.45) is 0 Å². The molecule has 0 amide bonds. The zero-order valence-electron chi connectivity index (χ0n) is 12.0. The third-order valence-corrected chi connectivity index (χ3v) is 2.89. The van der Waals surface area contributed by atoms with E-state index in [0.29, 0.717) is 0 Å². The number of esters is 1. The van der Waals surface area contributed by atoms with Crippen LogP contribution in [0.15, 0.2) is 42.5 Å². The Kier molecular flexibility index (Phi) is 4.88. The van der Waals surface area contributed by atoms with Crippen LogP contribution >= 0.6 is 0 Å². The molecule has 0 aliphatic heterocycles. The van der Waals surface area contributed by atoms with Gasteiger partial charge >= 0.3 is 12.3 Å². The highest BCUT2D eigenvalue weighted by molar-refractivity contribution is 5.98. The molecule has 0 atom stereocenters. The number of carbonyl (C=O) groups is 1. The average Bonchev–Trinajstić information content (AvgIpc) is 2.46. The largest absolute Gasteiger partial charge is 0.573 e. The van der Waals surface area contributed by atoms with Crippen LogP contribution in [0.25, 0.3) is 11.1 Å². The first-order valence-corrected chi connectivity index (χ1v) is 6.64. The van der Waals surface area contributed by atoms with Gasteiger partial charge in [0.1, 0.15) is 11.6 Å². The maximum Gasteiger partial charge on any atom is 0.573 e. The van der Waals surface area contributed by atoms with Crippen molar-refractivity contribution in [1.29, 1.82) is 0 Å². The SMILES string of the molecule is CCOC(=O)c1cccc(F)c1-c1ccccc1OC(F)(F)F. The van der Waals surface area contributed by atoms with E-state index in [2.05, 4.69) is 4.74 Å². The molecule has 3 nitrogen and oxygen atoms in total. The third-order valence-electron chi connectivity index (χ3n) is 2.89. The van der Waals surface area contributed by atoms with Crippen LogP contribution in [-0.4, -0.2) is 18.9 Å². The second-order valence-electron chi connectivity index (χ2n) is 4.43. The van der Waals surface area contributed by atoms with E-state index in [9.17, 15) is 22.4 Å². The van der Waals surface area contributed by atoms with Crippen molar-refractivity contribution in [2.45, 2.75) is 13.3 Å². The summed E-state index contributed by atoms with van der Waals surface area (Å²) >= 11 is 0. The van der Waals surface area contributed by atoms with Gasteiger partial charge in [-0.05, 0) is 25.1 Å². The number of carbonyl (C=O) groups excluding carboxylic acids is 1. The summed E-state index contributed by atoms with van der Waals surface area (Å²) in [6.07, 6.45) is -4.94. The van der Waals surface area contributed by atoms with E-state index >= 15 is 0 Å². The summed E-state index contributed by atoms with van der Waals surface area (Å²) in [7, 11) is 0. The number of alkyl halides is 3. The van der Waals surface area contributed by atoms with Crippen LogP contribution < -0.4 is 4.74 Å². The highest BCUT2D eigenvalue weighted by Crippen LogP contribution is 2.37. The molecule has 23 heavy (non-hydrogen) atoms. The van der Waals surface area contributed by atoms with E-state index in [0.717, 1.165) is 12.1 Å². The Morgan fingerprint density at radius 2 is 1.78 bits per heavy atom. The van der Waals surface area contributed by atoms with Gasteiger partial charge in [-0.25, -0.2) is 9.18 Å². The average molecular weight is 328 g/mol. The summed E-state index contributed by atoms with van der Waals surface area (Å²) in [6, 6.07) is 8.61. The molecule has 2 aromatic carbocycles. The smallest absolute Gasteiger partial charge is 0.462 e. The summed E-state index contributed by atoms with van der Waals surface area (Å²) in [5.41, 5.74) is -0.665. The molecule has 0 aromatic heterocycles. The Morgan fingerprint density at radius 1 is 1.09 bits per heavy atom. The van der Waals surface area contributed by atoms with Crippen LogP contribution in [0.3, 0.4) is 0 Å². The minimum Gasteiger partial charge on any atom is -0.462 e. The molecule has 0 radical (unpaired) electrons. The number of para-hydroxylation sites is 1. The van der Waals surface area contributed by atoms with Crippen LogP contribution in [0.1, 0.15) is 17.3 Å². The molecular formula is C16H12F4O3. The zero-order valence-corrected chi connectivity index (χ0v) is 12.0. The first-order valence-electron chi connectivity index (χ1n) is 6.64. The molecule has 2 aromatic rings. The lowest BCUT2D eigenvalue weighted by atomic mass is 9.98. The first kappa shape index (κ1) is 16.8. The van der Waals surface area contributed by atoms with Crippen LogP contribution in [-0.2, 0) is 4.74 Å². The summed E-state index contributed by atoms with van der Waals surface area (Å²) < 4.78 is 60.5. The maximum atomic E-state index is 14.2. The highest BCUT2D eigenvalue weighted by Gasteiger charge is 2.33. The van der Waals surface area contributed by atoms with Crippen LogP contribution in [0.5, 0.6) is 5.75 Å². The second kappa shape index (κ2) is 6.68. The van der Waals surface area contributed by atoms with Gasteiger partial charge in [-0.15, -0.1) is 13.2 Å². The van der Waals surface area contributed by atoms with Gasteiger partial charge in [0.25, 0.3) is 0 Å². The molecule has 0 heterocycles. The summed E-state index contributed by atoms with van der Waals surface area (Å²) in [4.78, 5) is 11.9. The minimum atomic E-state index is -4.94. The van der Waals surface area contributed by atoms with Gasteiger partial charge in [0.15, 0.2) is 0 Å². The quantitative estimate of drug-likeness (QED) is 0.609. The fraction of sp³-hybridized carbons (Fsp3) is 0.188. The molecule has 0 unspecified atom stereocenters. The normalized spacial score (nSPS) is 11.2. The fourth-order valence-corrected chi connectivity index (χ4v) is 2.06. The Bertz CT molecular complexity index is 711. The molecule has 0 fully saturated rings. The third kappa shape index (κ3) is 4.00. The number of halogens is 4. The molecule has 0 aliphatic carbocycles. The van der Waals surface area contributed by atoms with Crippen molar-refractivity contribution in [3.8, 4) is 16.9 Å². The Hall–Kier alpha value is -2.57. The van der Waals surface area contributed by atoms with Crippen molar-refractivity contribution >= 4 is 5.97 Å². The highest BCUT2D eigenvalue weighted by atomic mass is 19.4. The second-order valence-corrected chi connectivity index (χ2v) is 4.43. The molecule has 0 spiro atoms. The van der Waals surface area contributed by atoms with E-state index in [1.54, 1.807) is 6.92 Å². The van der Waals surface area contributed by atoms with E-state index in [4.69, 9.17) is 4.74 Å². The molecule has 2 rings (SSSR count). The molecule has 122 valence electrons. The lowest BCUT2D eigenvalue weighted by Crippen LogP contribution is -2.18. The number of hydrogen-bond acceptors (Lipinski definition) is 3. The summed E-state index contributed by atoms with van der Waals surface area (Å²) in [5.74, 6) is -2.28. The van der Waals surface area contributed by atoms with Crippen molar-refractivity contribution in [1.82, 2.24) is 0 Å². The van der Waals surface area contributed by atoms with Gasteiger partial charge in [0.05, 0.1) is 12.2 Å². The zero-order chi connectivity index (χ0) is 17.0. The van der Waals surface area contributed by atoms with Gasteiger partial charge < -0.3 is 9.47 Å². The van der Waals surface area contributed by atoms with Gasteiger partial charge in [-0.1, -0.05) is 24.3 Å². The number of hydrogen-bond donors (Lipinski definition) is 0. The molecule has 0 saturated carbocycles. The van der Waals surface area contributed by atoms with Crippen molar-refractivity contribution in [2.75, 3.05) is 6.61 Å². The van der Waals surface area contributed by atoms with Crippen LogP contribution in [0, 0.1) is 5.82 Å². The Morgan fingerprint density at radius 3 is 2.43 bits per heavy atom. The molecule has 7 heteroatoms. The van der Waals surface area contributed by atoms with Crippen LogP contribution in [0.4, 0.5) is 17.6 Å². The van der Waals surface area contributed by atoms with Gasteiger partial charge in [0, 0.05) is 11.1 Å². The number of benzene rings is 2. The Labute approximate surface area is 129 Å². The standard InChI is InChI=1S/C16H12F4O3/c1-2-22-15(21)11-7-5-8-12(17)14(11)10-6-3-4-9-13(10)23-16(18,19)20/h3-9H,2H2,1H3. The summed E-state index contributed by atoms with van der Waals surface area (Å²) in [6.45, 7) is 1.62. The lowest BCUT2D eigenvalue weighted by molar-refractivity contribution is -0.274. The van der Waals surface area contributed by atoms with Gasteiger partial charge in [-0.3, -0.25) is 0 Å². The predicted molar refractivity (Wildman–Crippen MR) is 74.5 cm³/mol. The molecule has 0 aliphatic rings. The molecule has 0 N–H and O–H groups in total. The lowest BCUT2D eigenvalue weighted by Gasteiger charge is -2.15. The molecule has 0 saturated heterocycles. The predicted octanol–water partition coefficient (Wildman–Crippen LogP) is 4.57. The minimum absolute atomic E-state index is 0.0511.